The molecule has 1 fully saturated rings. The molecule has 0 aromatic rings. The van der Waals surface area contributed by atoms with Gasteiger partial charge in [-0.15, -0.1) is 0 Å². The first-order chi connectivity index (χ1) is 6.16. The van der Waals surface area contributed by atoms with E-state index in [1.54, 1.807) is 5.57 Å². The highest BCUT2D eigenvalue weighted by Crippen LogP contribution is 2.59. The van der Waals surface area contributed by atoms with Gasteiger partial charge in [-0.05, 0) is 36.5 Å². The standard InChI is InChI=1S/C12H17N/c1-12(2)10-6-5-9(4-3-7-13)11(12)8-10/h5,10-11H,3-4,6,8H2,1-2H3/t10-,11?/m0/s1. The molecule has 1 unspecified atom stereocenters. The van der Waals surface area contributed by atoms with Crippen molar-refractivity contribution in [2.45, 2.75) is 39.5 Å². The van der Waals surface area contributed by atoms with Crippen LogP contribution in [-0.2, 0) is 0 Å². The Morgan fingerprint density at radius 1 is 1.62 bits per heavy atom. The number of hydrogen-bond donors (Lipinski definition) is 0. The van der Waals surface area contributed by atoms with Crippen LogP contribution in [0.5, 0.6) is 0 Å². The maximum atomic E-state index is 8.55. The molecule has 2 bridgehead atoms. The second-order valence-corrected chi connectivity index (χ2v) is 4.98. The zero-order valence-electron chi connectivity index (χ0n) is 8.51. The number of allylic oxidation sites excluding steroid dienone is 2. The zero-order chi connectivity index (χ0) is 9.47. The highest BCUT2D eigenvalue weighted by Gasteiger charge is 2.50. The Labute approximate surface area is 80.4 Å². The maximum Gasteiger partial charge on any atom is 0.0625 e. The predicted molar refractivity (Wildman–Crippen MR) is 52.9 cm³/mol. The monoisotopic (exact) mass is 175 g/mol. The molecule has 0 heterocycles. The fraction of sp³-hybridized carbons (Fsp3) is 0.750. The van der Waals surface area contributed by atoms with E-state index in [9.17, 15) is 0 Å². The molecule has 0 aromatic heterocycles. The van der Waals surface area contributed by atoms with E-state index in [1.807, 2.05) is 0 Å². The van der Waals surface area contributed by atoms with E-state index in [4.69, 9.17) is 5.26 Å². The summed E-state index contributed by atoms with van der Waals surface area (Å²) in [7, 11) is 0. The SMILES string of the molecule is CC1(C)C2C[C@@H]1CC=C2CCC#N. The van der Waals surface area contributed by atoms with E-state index in [0.29, 0.717) is 11.8 Å². The fourth-order valence-electron chi connectivity index (χ4n) is 2.96. The lowest BCUT2D eigenvalue weighted by Crippen LogP contribution is -2.47. The minimum absolute atomic E-state index is 0.527. The molecule has 3 aliphatic rings. The van der Waals surface area contributed by atoms with Crippen LogP contribution in [0.25, 0.3) is 0 Å². The number of hydrogen-bond acceptors (Lipinski definition) is 1. The van der Waals surface area contributed by atoms with Gasteiger partial charge in [0.05, 0.1) is 6.07 Å². The van der Waals surface area contributed by atoms with Gasteiger partial charge in [0.25, 0.3) is 0 Å². The van der Waals surface area contributed by atoms with Gasteiger partial charge in [-0.1, -0.05) is 25.5 Å². The van der Waals surface area contributed by atoms with Crippen LogP contribution in [0, 0.1) is 28.6 Å². The van der Waals surface area contributed by atoms with Crippen LogP contribution in [0.4, 0.5) is 0 Å². The molecule has 0 spiro atoms. The van der Waals surface area contributed by atoms with Crippen molar-refractivity contribution >= 4 is 0 Å². The molecule has 1 nitrogen and oxygen atoms in total. The zero-order valence-corrected chi connectivity index (χ0v) is 8.51. The van der Waals surface area contributed by atoms with Gasteiger partial charge in [0.15, 0.2) is 0 Å². The number of fused-ring (bicyclic) bond motifs is 1. The molecule has 0 saturated heterocycles. The van der Waals surface area contributed by atoms with E-state index in [1.165, 1.54) is 12.8 Å². The van der Waals surface area contributed by atoms with Gasteiger partial charge in [0.1, 0.15) is 0 Å². The molecular weight excluding hydrogens is 158 g/mol. The lowest BCUT2D eigenvalue weighted by Gasteiger charge is -2.56. The van der Waals surface area contributed by atoms with Gasteiger partial charge in [-0.2, -0.15) is 5.26 Å². The van der Waals surface area contributed by atoms with Crippen molar-refractivity contribution in [2.75, 3.05) is 0 Å². The van der Waals surface area contributed by atoms with Crippen LogP contribution in [-0.4, -0.2) is 0 Å². The van der Waals surface area contributed by atoms with Crippen molar-refractivity contribution in [3.05, 3.63) is 11.6 Å². The van der Waals surface area contributed by atoms with E-state index in [0.717, 1.165) is 18.3 Å². The van der Waals surface area contributed by atoms with Crippen molar-refractivity contribution in [3.8, 4) is 6.07 Å². The highest BCUT2D eigenvalue weighted by molar-refractivity contribution is 5.23. The third kappa shape index (κ3) is 1.20. The topological polar surface area (TPSA) is 23.8 Å². The van der Waals surface area contributed by atoms with E-state index < -0.39 is 0 Å². The summed E-state index contributed by atoms with van der Waals surface area (Å²) in [5.41, 5.74) is 2.09. The van der Waals surface area contributed by atoms with Gasteiger partial charge in [0.2, 0.25) is 0 Å². The summed E-state index contributed by atoms with van der Waals surface area (Å²) in [4.78, 5) is 0. The third-order valence-electron chi connectivity index (χ3n) is 4.11. The Balaban J connectivity index is 2.06. The molecule has 0 radical (unpaired) electrons. The van der Waals surface area contributed by atoms with Gasteiger partial charge >= 0.3 is 0 Å². The summed E-state index contributed by atoms with van der Waals surface area (Å²) < 4.78 is 0. The van der Waals surface area contributed by atoms with Gasteiger partial charge in [0, 0.05) is 6.42 Å². The lowest BCUT2D eigenvalue weighted by molar-refractivity contribution is -0.00807. The Hall–Kier alpha value is -0.770. The predicted octanol–water partition coefficient (Wildman–Crippen LogP) is 3.28. The molecule has 2 atom stereocenters. The third-order valence-corrected chi connectivity index (χ3v) is 4.11. The number of rotatable bonds is 2. The first-order valence-electron chi connectivity index (χ1n) is 5.22. The van der Waals surface area contributed by atoms with Crippen molar-refractivity contribution in [2.24, 2.45) is 17.3 Å². The molecule has 1 heteroatoms. The molecule has 0 amide bonds. The van der Waals surface area contributed by atoms with Crippen molar-refractivity contribution in [1.82, 2.24) is 0 Å². The quantitative estimate of drug-likeness (QED) is 0.591. The summed E-state index contributed by atoms with van der Waals surface area (Å²) in [5.74, 6) is 1.71. The highest BCUT2D eigenvalue weighted by atomic mass is 14.5. The Kier molecular flexibility index (Phi) is 1.95. The molecule has 0 N–H and O–H groups in total. The van der Waals surface area contributed by atoms with Crippen molar-refractivity contribution < 1.29 is 0 Å². The summed E-state index contributed by atoms with van der Waals surface area (Å²) >= 11 is 0. The van der Waals surface area contributed by atoms with Crippen molar-refractivity contribution in [3.63, 3.8) is 0 Å². The van der Waals surface area contributed by atoms with Crippen LogP contribution in [0.2, 0.25) is 0 Å². The smallest absolute Gasteiger partial charge is 0.0625 e. The molecule has 3 rings (SSSR count). The molecule has 70 valence electrons. The summed E-state index contributed by atoms with van der Waals surface area (Å²) in [6.45, 7) is 4.76. The van der Waals surface area contributed by atoms with Crippen LogP contribution < -0.4 is 0 Å². The van der Waals surface area contributed by atoms with Crippen LogP contribution in [0.15, 0.2) is 11.6 Å². The molecule has 0 aromatic carbocycles. The fourth-order valence-corrected chi connectivity index (χ4v) is 2.96. The molecule has 0 aliphatic heterocycles. The molecular formula is C12H17N. The van der Waals surface area contributed by atoms with Gasteiger partial charge in [-0.25, -0.2) is 0 Å². The second kappa shape index (κ2) is 2.87. The van der Waals surface area contributed by atoms with E-state index in [-0.39, 0.29) is 0 Å². The summed E-state index contributed by atoms with van der Waals surface area (Å²) in [6, 6.07) is 2.24. The minimum atomic E-state index is 0.527. The van der Waals surface area contributed by atoms with Gasteiger partial charge in [-0.3, -0.25) is 0 Å². The average Bonchev–Trinajstić information content (AvgIpc) is 2.14. The largest absolute Gasteiger partial charge is 0.198 e. The normalized spacial score (nSPS) is 34.4. The number of nitriles is 1. The number of nitrogens with zero attached hydrogens (tertiary/aromatic N) is 1. The average molecular weight is 175 g/mol. The maximum absolute atomic E-state index is 8.55. The van der Waals surface area contributed by atoms with Crippen LogP contribution in [0.3, 0.4) is 0 Å². The first kappa shape index (κ1) is 8.81. The minimum Gasteiger partial charge on any atom is -0.198 e. The van der Waals surface area contributed by atoms with Gasteiger partial charge < -0.3 is 0 Å². The Morgan fingerprint density at radius 2 is 2.38 bits per heavy atom. The Bertz CT molecular complexity index is 280. The summed E-state index contributed by atoms with van der Waals surface area (Å²) in [5, 5.41) is 8.55. The second-order valence-electron chi connectivity index (χ2n) is 4.98. The van der Waals surface area contributed by atoms with E-state index >= 15 is 0 Å². The van der Waals surface area contributed by atoms with Crippen LogP contribution >= 0.6 is 0 Å². The lowest BCUT2D eigenvalue weighted by atomic mass is 9.48. The molecule has 1 saturated carbocycles. The summed E-state index contributed by atoms with van der Waals surface area (Å²) in [6.07, 6.45) is 6.73. The Morgan fingerprint density at radius 3 is 2.92 bits per heavy atom. The van der Waals surface area contributed by atoms with Crippen molar-refractivity contribution in [1.29, 1.82) is 5.26 Å². The van der Waals surface area contributed by atoms with E-state index in [2.05, 4.69) is 26.0 Å². The first-order valence-corrected chi connectivity index (χ1v) is 5.22. The van der Waals surface area contributed by atoms with Crippen LogP contribution in [0.1, 0.15) is 39.5 Å². The molecule has 3 aliphatic carbocycles. The molecule has 13 heavy (non-hydrogen) atoms.